The summed E-state index contributed by atoms with van der Waals surface area (Å²) in [4.78, 5) is 42.5. The van der Waals surface area contributed by atoms with Crippen LogP contribution in [0.1, 0.15) is 13.7 Å². The van der Waals surface area contributed by atoms with Crippen molar-refractivity contribution in [2.24, 2.45) is 0 Å². The molecule has 0 radical (unpaired) electrons. The van der Waals surface area contributed by atoms with Crippen LogP contribution in [0.5, 0.6) is 0 Å². The number of likely N-dealkylation sites (N-methyl/N-ethyl adjacent to an activating group) is 2. The summed E-state index contributed by atoms with van der Waals surface area (Å²) in [5.41, 5.74) is 2.69. The third kappa shape index (κ3) is 7.18. The molecule has 15 nitrogen and oxygen atoms in total. The lowest BCUT2D eigenvalue weighted by Gasteiger charge is -2.37. The number of fused-ring (bicyclic) bond motifs is 6. The highest BCUT2D eigenvalue weighted by atomic mass is 19.1. The third-order valence-corrected chi connectivity index (χ3v) is 11.4. The van der Waals surface area contributed by atoms with Gasteiger partial charge >= 0.3 is 0 Å². The monoisotopic (exact) mass is 812 g/mol. The first-order chi connectivity index (χ1) is 28.4. The summed E-state index contributed by atoms with van der Waals surface area (Å²) in [7, 11) is 7.32. The summed E-state index contributed by atoms with van der Waals surface area (Å²) in [6.07, 6.45) is 1.48. The molecule has 7 heterocycles. The second-order valence-corrected chi connectivity index (χ2v) is 15.7. The number of halogens is 3. The number of carbonyl (C=O) groups excluding carboxylic acids is 1. The van der Waals surface area contributed by atoms with Gasteiger partial charge in [0.25, 0.3) is 0 Å². The van der Waals surface area contributed by atoms with Crippen molar-refractivity contribution in [3.63, 3.8) is 0 Å². The molecule has 59 heavy (non-hydrogen) atoms. The topological polar surface area (TPSA) is 135 Å². The van der Waals surface area contributed by atoms with E-state index in [9.17, 15) is 9.18 Å². The van der Waals surface area contributed by atoms with Gasteiger partial charge in [0, 0.05) is 65.5 Å². The number of pyridine rings is 1. The van der Waals surface area contributed by atoms with E-state index in [1.165, 1.54) is 28.9 Å². The van der Waals surface area contributed by atoms with Crippen LogP contribution in [0.15, 0.2) is 54.7 Å². The number of carbonyl (C=O) groups is 1. The third-order valence-electron chi connectivity index (χ3n) is 11.4. The SMILES string of the molecule is CO[C@H]1CN(C)C(=O)[C@@H]2C[C@@H](CN2c2nc(N3CCOCC3CN(C)C)nc3c2cnn3-c2ccc(F)cc2F)Nc2cccc(n2)-c2cc(F)cc3nc(C)n(c23)C1.[HH]. The predicted molar refractivity (Wildman–Crippen MR) is 218 cm³/mol. The summed E-state index contributed by atoms with van der Waals surface area (Å²) >= 11 is 0. The predicted octanol–water partition coefficient (Wildman–Crippen LogP) is 4.51. The number of amides is 1. The number of anilines is 3. The number of aromatic nitrogens is 7. The summed E-state index contributed by atoms with van der Waals surface area (Å²) < 4.78 is 59.9. The van der Waals surface area contributed by atoms with E-state index in [0.717, 1.165) is 11.6 Å². The van der Waals surface area contributed by atoms with E-state index in [4.69, 9.17) is 29.4 Å². The zero-order valence-electron chi connectivity index (χ0n) is 33.4. The maximum Gasteiger partial charge on any atom is 0.245 e. The fourth-order valence-electron chi connectivity index (χ4n) is 8.66. The molecule has 0 spiro atoms. The first-order valence-electron chi connectivity index (χ1n) is 19.6. The minimum atomic E-state index is -0.804. The smallest absolute Gasteiger partial charge is 0.245 e. The summed E-state index contributed by atoms with van der Waals surface area (Å²) in [5, 5.41) is 8.61. The van der Waals surface area contributed by atoms with Gasteiger partial charge in [-0.3, -0.25) is 4.79 Å². The Bertz CT molecular complexity index is 2570. The van der Waals surface area contributed by atoms with Crippen molar-refractivity contribution >= 4 is 45.6 Å². The number of aryl methyl sites for hydroxylation is 1. The molecular weight excluding hydrogens is 766 g/mol. The molecule has 310 valence electrons. The molecule has 2 saturated heterocycles. The molecule has 0 aliphatic carbocycles. The van der Waals surface area contributed by atoms with Crippen LogP contribution < -0.4 is 15.1 Å². The van der Waals surface area contributed by atoms with Crippen molar-refractivity contribution in [3.8, 4) is 16.9 Å². The minimum absolute atomic E-state index is 0. The second-order valence-electron chi connectivity index (χ2n) is 15.7. The fraction of sp³-hybridized carbons (Fsp3) is 0.415. The van der Waals surface area contributed by atoms with Gasteiger partial charge in [0.15, 0.2) is 11.5 Å². The quantitative estimate of drug-likeness (QED) is 0.254. The number of nitrogens with one attached hydrogen (secondary N) is 1. The number of methoxy groups -OCH3 is 1. The molecule has 4 bridgehead atoms. The number of benzene rings is 2. The lowest BCUT2D eigenvalue weighted by Crippen LogP contribution is -2.51. The van der Waals surface area contributed by atoms with Gasteiger partial charge in [-0.2, -0.15) is 15.1 Å². The summed E-state index contributed by atoms with van der Waals surface area (Å²) in [6, 6.07) is 10.6. The van der Waals surface area contributed by atoms with Crippen molar-refractivity contribution in [1.82, 2.24) is 44.1 Å². The minimum Gasteiger partial charge on any atom is -0.378 e. The normalized spacial score (nSPS) is 21.4. The zero-order valence-corrected chi connectivity index (χ0v) is 33.4. The molecular formula is C41H47F3N12O3. The van der Waals surface area contributed by atoms with Crippen molar-refractivity contribution in [3.05, 3.63) is 78.0 Å². The van der Waals surface area contributed by atoms with Crippen LogP contribution >= 0.6 is 0 Å². The van der Waals surface area contributed by atoms with Gasteiger partial charge in [0.2, 0.25) is 11.9 Å². The van der Waals surface area contributed by atoms with E-state index in [-0.39, 0.29) is 31.6 Å². The van der Waals surface area contributed by atoms with E-state index in [1.807, 2.05) is 48.7 Å². The lowest BCUT2D eigenvalue weighted by molar-refractivity contribution is -0.132. The van der Waals surface area contributed by atoms with Gasteiger partial charge in [0.1, 0.15) is 40.8 Å². The number of morpholine rings is 1. The number of hydrogen-bond acceptors (Lipinski definition) is 12. The molecule has 3 aliphatic rings. The van der Waals surface area contributed by atoms with Crippen molar-refractivity contribution in [2.75, 3.05) is 82.8 Å². The molecule has 3 aliphatic heterocycles. The van der Waals surface area contributed by atoms with Crippen molar-refractivity contribution in [1.29, 1.82) is 0 Å². The fourth-order valence-corrected chi connectivity index (χ4v) is 8.66. The average molecular weight is 813 g/mol. The highest BCUT2D eigenvalue weighted by molar-refractivity contribution is 5.94. The Balaban J connectivity index is 0.00000499. The highest BCUT2D eigenvalue weighted by Crippen LogP contribution is 2.37. The molecule has 1 unspecified atom stereocenters. The molecule has 6 aromatic rings. The molecule has 1 N–H and O–H groups in total. The van der Waals surface area contributed by atoms with Crippen LogP contribution in [0.25, 0.3) is 39.0 Å². The molecule has 0 saturated carbocycles. The van der Waals surface area contributed by atoms with E-state index in [0.29, 0.717) is 97.0 Å². The second kappa shape index (κ2) is 15.4. The van der Waals surface area contributed by atoms with Gasteiger partial charge in [-0.25, -0.2) is 27.8 Å². The Labute approximate surface area is 339 Å². The average Bonchev–Trinajstić information content (AvgIpc) is 3.91. The molecule has 2 fully saturated rings. The Morgan fingerprint density at radius 3 is 2.64 bits per heavy atom. The Morgan fingerprint density at radius 1 is 1.00 bits per heavy atom. The van der Waals surface area contributed by atoms with Crippen molar-refractivity contribution < 1.29 is 28.9 Å². The van der Waals surface area contributed by atoms with E-state index >= 15 is 8.78 Å². The number of rotatable bonds is 6. The zero-order chi connectivity index (χ0) is 41.1. The van der Waals surface area contributed by atoms with Gasteiger partial charge in [0.05, 0.1) is 60.2 Å². The van der Waals surface area contributed by atoms with Crippen LogP contribution in [0, 0.1) is 24.4 Å². The van der Waals surface area contributed by atoms with Gasteiger partial charge in [-0.15, -0.1) is 0 Å². The number of ether oxygens (including phenoxy) is 2. The summed E-state index contributed by atoms with van der Waals surface area (Å²) in [6.45, 7) is 4.80. The molecule has 18 heteroatoms. The van der Waals surface area contributed by atoms with Crippen LogP contribution in [-0.2, 0) is 20.8 Å². The van der Waals surface area contributed by atoms with Crippen LogP contribution in [0.2, 0.25) is 0 Å². The number of hydrogen-bond donors (Lipinski definition) is 1. The molecule has 4 aromatic heterocycles. The van der Waals surface area contributed by atoms with Gasteiger partial charge in [-0.05, 0) is 57.8 Å². The first kappa shape index (κ1) is 38.7. The molecule has 9 rings (SSSR count). The van der Waals surface area contributed by atoms with E-state index in [2.05, 4.69) is 20.2 Å². The standard InChI is InChI=1S/C41H45F3N12O3.H2/c1-23-46-33-15-25(43)13-29-32-7-6-8-36(48-32)47-26-16-35(40(57)52(4)20-28(58-5)21-54(23)37(29)33)55(18-26)38-30-17-45-56(34-10-9-24(42)14-31(34)44)39(30)50-41(49-38)53-11-12-59-22-27(53)19-51(2)3;/h6-10,13-15,17,26-28,35H,11-12,16,18-22H2,1-5H3,(H,47,48);1H/t26-,27?,28-,35-;/m0./s1. The number of nitrogens with zero attached hydrogens (tertiary/aromatic N) is 11. The number of imidazole rings is 1. The van der Waals surface area contributed by atoms with Gasteiger partial charge < -0.3 is 39.0 Å². The Morgan fingerprint density at radius 2 is 1.85 bits per heavy atom. The maximum absolute atomic E-state index is 15.4. The van der Waals surface area contributed by atoms with E-state index < -0.39 is 29.6 Å². The van der Waals surface area contributed by atoms with Crippen LogP contribution in [-0.4, -0.2) is 142 Å². The summed E-state index contributed by atoms with van der Waals surface area (Å²) in [5.74, 6) is -0.0819. The maximum atomic E-state index is 15.4. The Hall–Kier alpha value is -5.85. The largest absolute Gasteiger partial charge is 0.378 e. The Kier molecular flexibility index (Phi) is 10.1. The lowest BCUT2D eigenvalue weighted by atomic mass is 10.1. The van der Waals surface area contributed by atoms with Crippen LogP contribution in [0.3, 0.4) is 0 Å². The molecule has 2 aromatic carbocycles. The van der Waals surface area contributed by atoms with Gasteiger partial charge in [-0.1, -0.05) is 6.07 Å². The molecule has 4 atom stereocenters. The highest BCUT2D eigenvalue weighted by Gasteiger charge is 2.42. The van der Waals surface area contributed by atoms with E-state index in [1.54, 1.807) is 25.3 Å². The first-order valence-corrected chi connectivity index (χ1v) is 19.6. The molecule has 1 amide bonds. The van der Waals surface area contributed by atoms with Crippen molar-refractivity contribution in [2.45, 2.75) is 44.1 Å². The van der Waals surface area contributed by atoms with Crippen LogP contribution in [0.4, 0.5) is 30.8 Å².